The van der Waals surface area contributed by atoms with E-state index in [1.54, 1.807) is 24.3 Å². The maximum absolute atomic E-state index is 14.2. The third kappa shape index (κ3) is 3.95. The second kappa shape index (κ2) is 10.6. The number of anilines is 1. The van der Waals surface area contributed by atoms with Gasteiger partial charge in [0.2, 0.25) is 11.8 Å². The van der Waals surface area contributed by atoms with Gasteiger partial charge >= 0.3 is 5.97 Å². The molecule has 5 nitrogen and oxygen atoms in total. The van der Waals surface area contributed by atoms with E-state index in [1.165, 1.54) is 24.2 Å². The highest BCUT2D eigenvalue weighted by molar-refractivity contribution is 9.10. The Bertz CT molecular complexity index is 1380. The Labute approximate surface area is 251 Å². The number of hydrogen-bond donors (Lipinski definition) is 0. The van der Waals surface area contributed by atoms with E-state index < -0.39 is 26.5 Å². The van der Waals surface area contributed by atoms with Gasteiger partial charge in [-0.25, -0.2) is 9.69 Å². The summed E-state index contributed by atoms with van der Waals surface area (Å²) in [6, 6.07) is 22.7. The highest BCUT2D eigenvalue weighted by atomic mass is 79.9. The molecule has 1 saturated heterocycles. The van der Waals surface area contributed by atoms with Crippen LogP contribution in [0.1, 0.15) is 78.1 Å². The van der Waals surface area contributed by atoms with Crippen LogP contribution in [0.4, 0.5) is 5.69 Å². The van der Waals surface area contributed by atoms with Gasteiger partial charge in [-0.15, -0.1) is 0 Å². The number of amides is 2. The first kappa shape index (κ1) is 27.4. The summed E-state index contributed by atoms with van der Waals surface area (Å²) in [5.41, 5.74) is 4.67. The molecule has 3 aromatic rings. The third-order valence-corrected chi connectivity index (χ3v) is 11.4. The molecule has 3 aromatic carbocycles. The largest absolute Gasteiger partial charge is 0.462 e. The zero-order valence-corrected chi connectivity index (χ0v) is 25.5. The number of ether oxygens (including phenoxy) is 1. The number of imide groups is 1. The van der Waals surface area contributed by atoms with Crippen molar-refractivity contribution in [1.29, 1.82) is 0 Å². The number of benzene rings is 3. The first-order valence-corrected chi connectivity index (χ1v) is 15.7. The van der Waals surface area contributed by atoms with Gasteiger partial charge in [-0.05, 0) is 46.9 Å². The Kier molecular flexibility index (Phi) is 7.24. The van der Waals surface area contributed by atoms with Gasteiger partial charge in [0.25, 0.3) is 0 Å². The van der Waals surface area contributed by atoms with Crippen LogP contribution in [-0.4, -0.2) is 24.4 Å². The lowest BCUT2D eigenvalue weighted by Gasteiger charge is -2.55. The van der Waals surface area contributed by atoms with Crippen molar-refractivity contribution in [3.63, 3.8) is 0 Å². The Hall–Kier alpha value is -2.77. The van der Waals surface area contributed by atoms with Crippen molar-refractivity contribution in [2.45, 2.75) is 54.1 Å². The number of esters is 1. The molecule has 2 atom stereocenters. The zero-order valence-electron chi connectivity index (χ0n) is 22.4. The first-order chi connectivity index (χ1) is 19.3. The fourth-order valence-electron chi connectivity index (χ4n) is 6.82. The summed E-state index contributed by atoms with van der Waals surface area (Å²) in [5, 5.41) is 0. The summed E-state index contributed by atoms with van der Waals surface area (Å²) in [7, 11) is 0. The molecule has 1 fully saturated rings. The van der Waals surface area contributed by atoms with E-state index >= 15 is 0 Å². The number of rotatable bonds is 9. The van der Waals surface area contributed by atoms with E-state index in [0.717, 1.165) is 41.5 Å². The van der Waals surface area contributed by atoms with Gasteiger partial charge in [-0.2, -0.15) is 0 Å². The van der Waals surface area contributed by atoms with Gasteiger partial charge in [-0.1, -0.05) is 125 Å². The monoisotopic (exact) mass is 663 g/mol. The van der Waals surface area contributed by atoms with Crippen LogP contribution in [0, 0.1) is 11.8 Å². The molecule has 0 spiro atoms. The molecule has 4 aliphatic rings. The smallest absolute Gasteiger partial charge is 0.338 e. The number of halogens is 2. The lowest BCUT2D eigenvalue weighted by molar-refractivity contribution is -0.122. The van der Waals surface area contributed by atoms with Crippen molar-refractivity contribution in [1.82, 2.24) is 0 Å². The molecule has 40 heavy (non-hydrogen) atoms. The van der Waals surface area contributed by atoms with Gasteiger partial charge in [0.1, 0.15) is 0 Å². The molecule has 0 N–H and O–H groups in total. The van der Waals surface area contributed by atoms with Gasteiger partial charge in [0.15, 0.2) is 0 Å². The summed E-state index contributed by atoms with van der Waals surface area (Å²) >= 11 is 8.05. The van der Waals surface area contributed by atoms with E-state index in [0.29, 0.717) is 17.9 Å². The average Bonchev–Trinajstić information content (AvgIpc) is 3.26. The van der Waals surface area contributed by atoms with E-state index in [-0.39, 0.29) is 11.8 Å². The van der Waals surface area contributed by atoms with E-state index in [4.69, 9.17) is 4.74 Å². The predicted molar refractivity (Wildman–Crippen MR) is 162 cm³/mol. The standard InChI is InChI=1S/C33H31Br2NO4/c1-2-3-4-5-6-11-19-40-31(39)21-13-12-14-22(20-21)36-29(37)27-28(30(36)38)33(35)24-16-8-7-15-23(24)32(27,34)25-17-9-10-18-26(25)33/h7-10,12-18,20,27-28H,2-6,11,19H2,1H3/t27-,28+,32?,33?. The number of unbranched alkanes of at least 4 members (excludes halogenated alkanes) is 5. The Balaban J connectivity index is 1.30. The van der Waals surface area contributed by atoms with Crippen LogP contribution in [0.15, 0.2) is 72.8 Å². The number of alkyl halides is 2. The highest BCUT2D eigenvalue weighted by Gasteiger charge is 2.72. The molecule has 2 amide bonds. The SMILES string of the molecule is CCCCCCCCOC(=O)c1cccc(N2C(=O)[C@@H]3[C@H](C2=O)C2(Br)c4ccccc4C3(Br)c3ccccc32)c1. The van der Waals surface area contributed by atoms with Crippen molar-refractivity contribution in [2.75, 3.05) is 11.5 Å². The van der Waals surface area contributed by atoms with Crippen molar-refractivity contribution < 1.29 is 19.1 Å². The molecule has 7 rings (SSSR count). The van der Waals surface area contributed by atoms with Gasteiger partial charge in [0.05, 0.1) is 38.3 Å². The normalized spacial score (nSPS) is 25.9. The maximum atomic E-state index is 14.2. The van der Waals surface area contributed by atoms with Crippen LogP contribution in [0.25, 0.3) is 0 Å². The van der Waals surface area contributed by atoms with E-state index in [9.17, 15) is 14.4 Å². The summed E-state index contributed by atoms with van der Waals surface area (Å²) < 4.78 is 3.82. The van der Waals surface area contributed by atoms with Crippen LogP contribution in [0.3, 0.4) is 0 Å². The van der Waals surface area contributed by atoms with E-state index in [2.05, 4.69) is 38.8 Å². The van der Waals surface area contributed by atoms with Crippen molar-refractivity contribution in [2.24, 2.45) is 11.8 Å². The number of nitrogens with zero attached hydrogens (tertiary/aromatic N) is 1. The van der Waals surface area contributed by atoms with Crippen molar-refractivity contribution in [3.8, 4) is 0 Å². The van der Waals surface area contributed by atoms with Crippen LogP contribution in [0.5, 0.6) is 0 Å². The lowest BCUT2D eigenvalue weighted by atomic mass is 9.54. The number of hydrogen-bond acceptors (Lipinski definition) is 4. The fraction of sp³-hybridized carbons (Fsp3) is 0.364. The average molecular weight is 665 g/mol. The minimum Gasteiger partial charge on any atom is -0.462 e. The molecule has 206 valence electrons. The van der Waals surface area contributed by atoms with Gasteiger partial charge in [-0.3, -0.25) is 9.59 Å². The van der Waals surface area contributed by atoms with E-state index in [1.807, 2.05) is 48.5 Å². The molecule has 1 heterocycles. The molecule has 1 aliphatic heterocycles. The highest BCUT2D eigenvalue weighted by Crippen LogP contribution is 2.70. The summed E-state index contributed by atoms with van der Waals surface area (Å²) in [5.74, 6) is -2.32. The second-order valence-corrected chi connectivity index (χ2v) is 13.4. The Morgan fingerprint density at radius 2 is 1.25 bits per heavy atom. The molecular formula is C33H31Br2NO4. The molecule has 0 unspecified atom stereocenters. The van der Waals surface area contributed by atoms with Gasteiger partial charge in [0, 0.05) is 0 Å². The minimum absolute atomic E-state index is 0.280. The van der Waals surface area contributed by atoms with Crippen molar-refractivity contribution >= 4 is 55.3 Å². The molecule has 2 bridgehead atoms. The molecule has 0 saturated carbocycles. The lowest BCUT2D eigenvalue weighted by Crippen LogP contribution is -2.56. The molecule has 3 aliphatic carbocycles. The first-order valence-electron chi connectivity index (χ1n) is 14.1. The van der Waals surface area contributed by atoms with Crippen LogP contribution in [-0.2, 0) is 23.0 Å². The van der Waals surface area contributed by atoms with Crippen LogP contribution >= 0.6 is 31.9 Å². The quantitative estimate of drug-likeness (QED) is 0.102. The zero-order chi connectivity index (χ0) is 28.1. The number of carbonyl (C=O) groups is 3. The molecule has 0 radical (unpaired) electrons. The van der Waals surface area contributed by atoms with Crippen molar-refractivity contribution in [3.05, 3.63) is 101 Å². The topological polar surface area (TPSA) is 63.7 Å². The maximum Gasteiger partial charge on any atom is 0.338 e. The molecule has 7 heteroatoms. The third-order valence-electron chi connectivity index (χ3n) is 8.66. The predicted octanol–water partition coefficient (Wildman–Crippen LogP) is 7.61. The summed E-state index contributed by atoms with van der Waals surface area (Å²) in [4.78, 5) is 42.6. The molecule has 0 aromatic heterocycles. The van der Waals surface area contributed by atoms with Crippen LogP contribution in [0.2, 0.25) is 0 Å². The minimum atomic E-state index is -0.852. The fourth-order valence-corrected chi connectivity index (χ4v) is 9.13. The van der Waals surface area contributed by atoms with Gasteiger partial charge < -0.3 is 4.74 Å². The molecular weight excluding hydrogens is 634 g/mol. The van der Waals surface area contributed by atoms with Crippen LogP contribution < -0.4 is 4.90 Å². The summed E-state index contributed by atoms with van der Waals surface area (Å²) in [6.07, 6.45) is 6.62. The Morgan fingerprint density at radius 3 is 1.77 bits per heavy atom. The second-order valence-electron chi connectivity index (χ2n) is 10.9. The Morgan fingerprint density at radius 1 is 0.750 bits per heavy atom. The summed E-state index contributed by atoms with van der Waals surface area (Å²) in [6.45, 7) is 2.54. The number of carbonyl (C=O) groups excluding carboxylic acids is 3.